The van der Waals surface area contributed by atoms with Crippen LogP contribution in [0.5, 0.6) is 5.75 Å². The molecule has 0 spiro atoms. The smallest absolute Gasteiger partial charge is 0.472 e. The van der Waals surface area contributed by atoms with Gasteiger partial charge in [0, 0.05) is 0 Å². The Balaban J connectivity index is 0.000000515. The predicted molar refractivity (Wildman–Crippen MR) is 87.7 cm³/mol. The van der Waals surface area contributed by atoms with Gasteiger partial charge in [-0.1, -0.05) is 18.2 Å². The van der Waals surface area contributed by atoms with Crippen molar-refractivity contribution in [2.75, 3.05) is 13.1 Å². The van der Waals surface area contributed by atoms with Crippen LogP contribution in [0.3, 0.4) is 0 Å². The average molecular weight is 327 g/mol. The van der Waals surface area contributed by atoms with Gasteiger partial charge >= 0.3 is 7.12 Å². The number of rotatable bonds is 6. The molecule has 1 amide bonds. The molecule has 0 aliphatic heterocycles. The van der Waals surface area contributed by atoms with Crippen LogP contribution in [0.25, 0.3) is 0 Å². The molecule has 0 radical (unpaired) electrons. The zero-order chi connectivity index (χ0) is 18.1. The van der Waals surface area contributed by atoms with Crippen molar-refractivity contribution in [3.8, 4) is 5.75 Å². The lowest BCUT2D eigenvalue weighted by atomic mass is 9.90. The first-order valence-corrected chi connectivity index (χ1v) is 7.19. The van der Waals surface area contributed by atoms with Gasteiger partial charge in [0.05, 0.1) is 17.6 Å². The Labute approximate surface area is 137 Å². The van der Waals surface area contributed by atoms with Crippen LogP contribution in [0.1, 0.15) is 27.7 Å². The molecule has 5 N–H and O–H groups in total. The highest BCUT2D eigenvalue weighted by Crippen LogP contribution is 2.19. The monoisotopic (exact) mass is 327 g/mol. The van der Waals surface area contributed by atoms with E-state index in [-0.39, 0.29) is 13.1 Å². The van der Waals surface area contributed by atoms with E-state index in [0.29, 0.717) is 5.75 Å². The van der Waals surface area contributed by atoms with Crippen molar-refractivity contribution in [1.29, 1.82) is 0 Å². The quantitative estimate of drug-likeness (QED) is 0.459. The fourth-order valence-electron chi connectivity index (χ4n) is 0.922. The first kappa shape index (κ1) is 21.4. The Hall–Kier alpha value is -1.61. The largest absolute Gasteiger partial charge is 0.484 e. The molecular weight excluding hydrogens is 301 g/mol. The molecule has 0 fully saturated rings. The lowest BCUT2D eigenvalue weighted by Gasteiger charge is -2.31. The van der Waals surface area contributed by atoms with Gasteiger partial charge < -0.3 is 30.3 Å². The normalized spacial score (nSPS) is 11.1. The summed E-state index contributed by atoms with van der Waals surface area (Å²) < 4.78 is 5.12. The second-order valence-corrected chi connectivity index (χ2v) is 6.00. The number of hydrogen-bond donors (Lipinski definition) is 5. The molecule has 0 atom stereocenters. The molecule has 1 rings (SSSR count). The average Bonchev–Trinajstić information content (AvgIpc) is 2.42. The molecule has 130 valence electrons. The fraction of sp³-hybridized carbons (Fsp3) is 0.533. The van der Waals surface area contributed by atoms with Gasteiger partial charge in [0.2, 0.25) is 0 Å². The van der Waals surface area contributed by atoms with Crippen LogP contribution in [0.15, 0.2) is 30.3 Å². The molecule has 0 unspecified atom stereocenters. The van der Waals surface area contributed by atoms with Crippen molar-refractivity contribution in [3.63, 3.8) is 0 Å². The van der Waals surface area contributed by atoms with Gasteiger partial charge in [0.15, 0.2) is 6.61 Å². The summed E-state index contributed by atoms with van der Waals surface area (Å²) in [7, 11) is -1.54. The molecule has 0 aliphatic rings. The van der Waals surface area contributed by atoms with E-state index in [1.165, 1.54) is 0 Å². The number of benzene rings is 1. The van der Waals surface area contributed by atoms with Crippen molar-refractivity contribution >= 4 is 13.0 Å². The van der Waals surface area contributed by atoms with Crippen molar-refractivity contribution < 1.29 is 29.8 Å². The minimum Gasteiger partial charge on any atom is -0.484 e. The van der Waals surface area contributed by atoms with Crippen LogP contribution in [-0.2, 0) is 4.79 Å². The summed E-state index contributed by atoms with van der Waals surface area (Å²) >= 11 is 0. The molecule has 0 saturated carbocycles. The third-order valence-electron chi connectivity index (χ3n) is 3.09. The van der Waals surface area contributed by atoms with E-state index in [0.717, 1.165) is 0 Å². The molecular formula is C15H26BNO6. The Morgan fingerprint density at radius 1 is 1.09 bits per heavy atom. The van der Waals surface area contributed by atoms with Crippen LogP contribution in [0.2, 0.25) is 0 Å². The Kier molecular flexibility index (Phi) is 8.85. The van der Waals surface area contributed by atoms with Gasteiger partial charge in [0.25, 0.3) is 5.91 Å². The molecule has 7 nitrogen and oxygen atoms in total. The molecule has 23 heavy (non-hydrogen) atoms. The lowest BCUT2D eigenvalue weighted by Crippen LogP contribution is -2.44. The van der Waals surface area contributed by atoms with Gasteiger partial charge in [-0.3, -0.25) is 4.79 Å². The van der Waals surface area contributed by atoms with Crippen LogP contribution in [0.4, 0.5) is 0 Å². The molecule has 8 heteroatoms. The van der Waals surface area contributed by atoms with E-state index in [1.807, 2.05) is 6.07 Å². The third kappa shape index (κ3) is 10.7. The summed E-state index contributed by atoms with van der Waals surface area (Å²) in [6, 6.07) is 8.90. The molecule has 0 bridgehead atoms. The minimum absolute atomic E-state index is 0.142. The topological polar surface area (TPSA) is 119 Å². The molecule has 1 aromatic carbocycles. The number of aliphatic hydroxyl groups is 2. The molecule has 0 saturated heterocycles. The lowest BCUT2D eigenvalue weighted by molar-refractivity contribution is -0.122. The van der Waals surface area contributed by atoms with Crippen LogP contribution in [0, 0.1) is 0 Å². The summed E-state index contributed by atoms with van der Waals surface area (Å²) in [5.41, 5.74) is -2.01. The van der Waals surface area contributed by atoms with Crippen molar-refractivity contribution in [2.45, 2.75) is 38.9 Å². The van der Waals surface area contributed by atoms with Gasteiger partial charge in [0.1, 0.15) is 5.75 Å². The van der Waals surface area contributed by atoms with Crippen molar-refractivity contribution in [1.82, 2.24) is 5.32 Å². The van der Waals surface area contributed by atoms with Crippen LogP contribution >= 0.6 is 0 Å². The van der Waals surface area contributed by atoms with Gasteiger partial charge in [-0.15, -0.1) is 0 Å². The standard InChI is InChI=1S/C9H12BNO4.C6H14O2/c12-9(11-7-10(13)14)6-15-8-4-2-1-3-5-8;1-5(2,7)6(3,4)8/h1-5,13-14H,6-7H2,(H,11,12);7-8H,1-4H3. The second kappa shape index (κ2) is 9.52. The summed E-state index contributed by atoms with van der Waals surface area (Å²) in [4.78, 5) is 11.1. The Morgan fingerprint density at radius 3 is 1.96 bits per heavy atom. The number of carbonyl (C=O) groups excluding carboxylic acids is 1. The number of nitrogens with one attached hydrogen (secondary N) is 1. The van der Waals surface area contributed by atoms with Gasteiger partial charge in [-0.05, 0) is 39.8 Å². The van der Waals surface area contributed by atoms with E-state index >= 15 is 0 Å². The number of hydrogen-bond acceptors (Lipinski definition) is 6. The van der Waals surface area contributed by atoms with E-state index in [2.05, 4.69) is 5.32 Å². The maximum atomic E-state index is 11.1. The predicted octanol–water partition coefficient (Wildman–Crippen LogP) is -0.278. The second-order valence-electron chi connectivity index (χ2n) is 6.00. The fourth-order valence-corrected chi connectivity index (χ4v) is 0.922. The SMILES string of the molecule is CC(C)(O)C(C)(C)O.O=C(COc1ccccc1)NCB(O)O. The maximum absolute atomic E-state index is 11.1. The van der Waals surface area contributed by atoms with E-state index < -0.39 is 24.2 Å². The van der Waals surface area contributed by atoms with Crippen molar-refractivity contribution in [3.05, 3.63) is 30.3 Å². The van der Waals surface area contributed by atoms with E-state index in [9.17, 15) is 4.79 Å². The van der Waals surface area contributed by atoms with E-state index in [1.54, 1.807) is 52.0 Å². The molecule has 0 heterocycles. The van der Waals surface area contributed by atoms with Crippen molar-refractivity contribution in [2.24, 2.45) is 0 Å². The maximum Gasteiger partial charge on any atom is 0.472 e. The number of ether oxygens (including phenoxy) is 1. The minimum atomic E-state index is -1.54. The number of carbonyl (C=O) groups is 1. The molecule has 0 aliphatic carbocycles. The van der Waals surface area contributed by atoms with Crippen LogP contribution < -0.4 is 10.1 Å². The summed E-state index contributed by atoms with van der Waals surface area (Å²) in [6.45, 7) is 6.16. The first-order chi connectivity index (χ1) is 10.4. The summed E-state index contributed by atoms with van der Waals surface area (Å²) in [5, 5.41) is 37.5. The van der Waals surface area contributed by atoms with E-state index in [4.69, 9.17) is 25.0 Å². The Morgan fingerprint density at radius 2 is 1.57 bits per heavy atom. The highest BCUT2D eigenvalue weighted by atomic mass is 16.5. The molecule has 0 aromatic heterocycles. The number of para-hydroxylation sites is 1. The Bertz CT molecular complexity index is 441. The first-order valence-electron chi connectivity index (χ1n) is 7.19. The van der Waals surface area contributed by atoms with Gasteiger partial charge in [-0.25, -0.2) is 0 Å². The zero-order valence-corrected chi connectivity index (χ0v) is 14.0. The third-order valence-corrected chi connectivity index (χ3v) is 3.09. The highest BCUT2D eigenvalue weighted by molar-refractivity contribution is 6.41. The van der Waals surface area contributed by atoms with Crippen LogP contribution in [-0.4, -0.2) is 57.5 Å². The summed E-state index contributed by atoms with van der Waals surface area (Å²) in [6.07, 6.45) is -0.197. The summed E-state index contributed by atoms with van der Waals surface area (Å²) in [5.74, 6) is 0.198. The van der Waals surface area contributed by atoms with Gasteiger partial charge in [-0.2, -0.15) is 0 Å². The zero-order valence-electron chi connectivity index (χ0n) is 14.0. The molecule has 1 aromatic rings. The number of amides is 1. The highest BCUT2D eigenvalue weighted by Gasteiger charge is 2.31.